The molecule has 0 aromatic heterocycles. The van der Waals surface area contributed by atoms with Crippen LogP contribution in [-0.4, -0.2) is 74.9 Å². The molecule has 0 bridgehead atoms. The molecule has 0 aliphatic rings. The van der Waals surface area contributed by atoms with E-state index < -0.39 is 26.5 Å². The van der Waals surface area contributed by atoms with Gasteiger partial charge in [-0.25, -0.2) is 4.57 Å². The fraction of sp³-hybridized carbons (Fsp3) is 0.723. The van der Waals surface area contributed by atoms with Gasteiger partial charge in [-0.1, -0.05) is 397 Å². The highest BCUT2D eigenvalue weighted by Crippen LogP contribution is 2.43. The van der Waals surface area contributed by atoms with Gasteiger partial charge in [0.1, 0.15) is 19.8 Å². The molecule has 104 heavy (non-hydrogen) atoms. The maximum absolute atomic E-state index is 12.9. The van der Waals surface area contributed by atoms with Crippen molar-refractivity contribution in [2.45, 2.75) is 392 Å². The summed E-state index contributed by atoms with van der Waals surface area (Å²) < 4.78 is 34.9. The van der Waals surface area contributed by atoms with Crippen LogP contribution in [0.4, 0.5) is 0 Å². The number of carbonyl (C=O) groups excluding carboxylic acids is 2. The number of nitrogens with zero attached hydrogens (tertiary/aromatic N) is 1. The van der Waals surface area contributed by atoms with Crippen LogP contribution in [0.15, 0.2) is 146 Å². The minimum absolute atomic E-state index is 0.0268. The highest BCUT2D eigenvalue weighted by atomic mass is 31.2. The number of likely N-dealkylation sites (N-methyl/N-ethyl adjacent to an activating group) is 1. The first-order valence-electron chi connectivity index (χ1n) is 43.6. The van der Waals surface area contributed by atoms with Crippen molar-refractivity contribution in [3.63, 3.8) is 0 Å². The highest BCUT2D eigenvalue weighted by Gasteiger charge is 2.27. The van der Waals surface area contributed by atoms with Crippen LogP contribution in [0, 0.1) is 0 Å². The van der Waals surface area contributed by atoms with Crippen LogP contribution in [-0.2, 0) is 32.7 Å². The largest absolute Gasteiger partial charge is 0.472 e. The third-order valence-electron chi connectivity index (χ3n) is 18.9. The second kappa shape index (κ2) is 82.9. The van der Waals surface area contributed by atoms with Crippen molar-refractivity contribution < 1.29 is 42.1 Å². The van der Waals surface area contributed by atoms with Crippen molar-refractivity contribution in [1.82, 2.24) is 0 Å². The van der Waals surface area contributed by atoms with Crippen molar-refractivity contribution in [2.75, 3.05) is 47.5 Å². The molecule has 10 heteroatoms. The summed E-state index contributed by atoms with van der Waals surface area (Å²) in [6.07, 6.45) is 123. The van der Waals surface area contributed by atoms with Gasteiger partial charge in [-0.05, 0) is 122 Å². The van der Waals surface area contributed by atoms with Crippen LogP contribution in [0.1, 0.15) is 386 Å². The number of phosphoric acid groups is 1. The van der Waals surface area contributed by atoms with E-state index in [0.717, 1.165) is 116 Å². The van der Waals surface area contributed by atoms with Gasteiger partial charge >= 0.3 is 19.8 Å². The average molecular weight is 1470 g/mol. The van der Waals surface area contributed by atoms with Gasteiger partial charge < -0.3 is 18.9 Å². The van der Waals surface area contributed by atoms with Gasteiger partial charge in [0, 0.05) is 12.8 Å². The van der Waals surface area contributed by atoms with E-state index in [-0.39, 0.29) is 32.0 Å². The number of esters is 2. The minimum Gasteiger partial charge on any atom is -0.462 e. The molecule has 0 fully saturated rings. The molecule has 0 heterocycles. The maximum Gasteiger partial charge on any atom is 0.472 e. The van der Waals surface area contributed by atoms with Gasteiger partial charge in [-0.3, -0.25) is 18.6 Å². The van der Waals surface area contributed by atoms with Gasteiger partial charge in [0.2, 0.25) is 0 Å². The summed E-state index contributed by atoms with van der Waals surface area (Å²) in [6, 6.07) is 0. The van der Waals surface area contributed by atoms with Gasteiger partial charge in [-0.15, -0.1) is 0 Å². The first-order chi connectivity index (χ1) is 51.0. The summed E-state index contributed by atoms with van der Waals surface area (Å²) in [6.45, 7) is 4.34. The SMILES string of the molecule is CC/C=C\C/C=C\C/C=C\C/C=C\C/C=C\C/C=C\C/C=C\C/C=C\C/C=C\C/C=C\CCCCCCCCCCCCC(=O)OC(COC(=O)CCCCCCCCCCCCCCCCCCCCCCCCCCCCC/C=C\C/C=C\CCCCCCC)COP(=O)(O)OCC[N+](C)(C)C. The standard InChI is InChI=1S/C94H164NO8P/c1-6-8-10-12-14-16-18-20-22-24-26-28-30-32-34-36-38-40-42-44-46-47-49-51-53-55-57-59-61-63-65-67-69-71-73-75-77-79-81-83-85-87-94(97)103-92(91-102-104(98,99)101-89-88-95(3,4)5)90-100-93(96)86-84-82-80-78-76-74-72-70-68-66-64-62-60-58-56-54-52-50-48-45-43-41-39-37-35-33-31-29-27-25-23-21-19-17-15-13-11-9-7-2/h8,10,14,16,19-22,25-28,32,34,38,40,44,46,49,51,55,57,61,63,92H,6-7,9,11-13,15,17-18,23-24,29-31,33,35-37,39,41-43,45,47-48,50,52-54,56,58-60,62,64-91H2,1-5H3/p+1/b10-8-,16-14-,21-19-,22-20-,27-25-,28-26-,34-32-,40-38-,46-44-,51-49-,57-55-,63-61-. The summed E-state index contributed by atoms with van der Waals surface area (Å²) in [5, 5.41) is 0. The molecular weight excluding hydrogens is 1300 g/mol. The fourth-order valence-corrected chi connectivity index (χ4v) is 13.0. The Hall–Kier alpha value is -4.11. The lowest BCUT2D eigenvalue weighted by atomic mass is 10.0. The van der Waals surface area contributed by atoms with Gasteiger partial charge in [-0.2, -0.15) is 0 Å². The van der Waals surface area contributed by atoms with E-state index in [2.05, 4.69) is 160 Å². The van der Waals surface area contributed by atoms with E-state index in [0.29, 0.717) is 17.4 Å². The molecule has 0 aromatic carbocycles. The number of quaternary nitrogens is 1. The lowest BCUT2D eigenvalue weighted by Crippen LogP contribution is -2.37. The Kier molecular flexibility index (Phi) is 79.7. The number of carbonyl (C=O) groups is 2. The lowest BCUT2D eigenvalue weighted by molar-refractivity contribution is -0.870. The van der Waals surface area contributed by atoms with E-state index in [1.807, 2.05) is 21.1 Å². The van der Waals surface area contributed by atoms with Crippen LogP contribution in [0.2, 0.25) is 0 Å². The number of allylic oxidation sites excluding steroid dienone is 24. The average Bonchev–Trinajstić information content (AvgIpc) is 0.920. The zero-order valence-electron chi connectivity index (χ0n) is 68.5. The van der Waals surface area contributed by atoms with Gasteiger partial charge in [0.15, 0.2) is 6.10 Å². The van der Waals surface area contributed by atoms with Crippen molar-refractivity contribution in [2.24, 2.45) is 0 Å². The van der Waals surface area contributed by atoms with E-state index >= 15 is 0 Å². The Bertz CT molecular complexity index is 2280. The summed E-state index contributed by atoms with van der Waals surface area (Å²) in [5.74, 6) is -0.793. The van der Waals surface area contributed by atoms with E-state index in [1.165, 1.54) is 238 Å². The van der Waals surface area contributed by atoms with Crippen molar-refractivity contribution in [3.8, 4) is 0 Å². The predicted molar refractivity (Wildman–Crippen MR) is 454 cm³/mol. The van der Waals surface area contributed by atoms with E-state index in [9.17, 15) is 19.0 Å². The Balaban J connectivity index is 3.96. The molecule has 0 aliphatic heterocycles. The zero-order chi connectivity index (χ0) is 75.4. The number of hydrogen-bond acceptors (Lipinski definition) is 7. The van der Waals surface area contributed by atoms with Crippen molar-refractivity contribution in [1.29, 1.82) is 0 Å². The normalized spacial score (nSPS) is 13.7. The molecule has 0 aliphatic carbocycles. The topological polar surface area (TPSA) is 108 Å². The molecule has 0 aromatic rings. The summed E-state index contributed by atoms with van der Waals surface area (Å²) in [7, 11) is 1.48. The predicted octanol–water partition coefficient (Wildman–Crippen LogP) is 29.6. The minimum atomic E-state index is -4.41. The molecule has 2 unspecified atom stereocenters. The summed E-state index contributed by atoms with van der Waals surface area (Å²) >= 11 is 0. The van der Waals surface area contributed by atoms with E-state index in [1.54, 1.807) is 0 Å². The fourth-order valence-electron chi connectivity index (χ4n) is 12.3. The highest BCUT2D eigenvalue weighted by molar-refractivity contribution is 7.47. The molecule has 2 atom stereocenters. The third kappa shape index (κ3) is 86.8. The molecular formula is C94H165NO8P+. The van der Waals surface area contributed by atoms with Crippen LogP contribution in [0.5, 0.6) is 0 Å². The molecule has 0 saturated heterocycles. The smallest absolute Gasteiger partial charge is 0.462 e. The maximum atomic E-state index is 12.9. The summed E-state index contributed by atoms with van der Waals surface area (Å²) in [5.41, 5.74) is 0. The molecule has 0 radical (unpaired) electrons. The first kappa shape index (κ1) is 99.9. The number of ether oxygens (including phenoxy) is 2. The quantitative estimate of drug-likeness (QED) is 0.0211. The first-order valence-corrected chi connectivity index (χ1v) is 45.1. The second-order valence-corrected chi connectivity index (χ2v) is 31.6. The Morgan fingerprint density at radius 1 is 0.308 bits per heavy atom. The Morgan fingerprint density at radius 2 is 0.548 bits per heavy atom. The zero-order valence-corrected chi connectivity index (χ0v) is 69.4. The monoisotopic (exact) mass is 1470 g/mol. The third-order valence-corrected chi connectivity index (χ3v) is 19.8. The van der Waals surface area contributed by atoms with Crippen LogP contribution in [0.3, 0.4) is 0 Å². The molecule has 0 amide bonds. The number of rotatable bonds is 80. The lowest BCUT2D eigenvalue weighted by Gasteiger charge is -2.24. The molecule has 0 rings (SSSR count). The van der Waals surface area contributed by atoms with Crippen LogP contribution in [0.25, 0.3) is 0 Å². The second-order valence-electron chi connectivity index (χ2n) is 30.2. The molecule has 0 spiro atoms. The number of hydrogen-bond donors (Lipinski definition) is 1. The van der Waals surface area contributed by atoms with Crippen LogP contribution < -0.4 is 0 Å². The molecule has 9 nitrogen and oxygen atoms in total. The Morgan fingerprint density at radius 3 is 0.817 bits per heavy atom. The Labute approximate surface area is 643 Å². The van der Waals surface area contributed by atoms with Crippen molar-refractivity contribution in [3.05, 3.63) is 146 Å². The molecule has 1 N–H and O–H groups in total. The van der Waals surface area contributed by atoms with Crippen molar-refractivity contribution >= 4 is 19.8 Å². The number of phosphoric ester groups is 1. The van der Waals surface area contributed by atoms with E-state index in [4.69, 9.17) is 18.5 Å². The number of unbranched alkanes of at least 4 members (excludes halogenated alkanes) is 42. The molecule has 598 valence electrons. The van der Waals surface area contributed by atoms with Gasteiger partial charge in [0.25, 0.3) is 0 Å². The van der Waals surface area contributed by atoms with Gasteiger partial charge in [0.05, 0.1) is 27.7 Å². The van der Waals surface area contributed by atoms with Crippen LogP contribution >= 0.6 is 7.82 Å². The summed E-state index contributed by atoms with van der Waals surface area (Å²) in [4.78, 5) is 36.1. The molecule has 0 saturated carbocycles.